The average molecular weight is 377 g/mol. The van der Waals surface area contributed by atoms with Crippen molar-refractivity contribution in [3.8, 4) is 0 Å². The van der Waals surface area contributed by atoms with Crippen molar-refractivity contribution >= 4 is 43.2 Å². The molecule has 2 rings (SSSR count). The molecule has 20 heavy (non-hydrogen) atoms. The number of sulfonamides is 1. The fourth-order valence-corrected chi connectivity index (χ4v) is 2.66. The first-order valence-corrected chi connectivity index (χ1v) is 8.25. The van der Waals surface area contributed by atoms with Crippen LogP contribution < -0.4 is 10.5 Å². The minimum absolute atomic E-state index is 0.00611. The number of nitrogens with one attached hydrogen (secondary N) is 1. The van der Waals surface area contributed by atoms with E-state index in [2.05, 4.69) is 26.2 Å². The van der Waals surface area contributed by atoms with E-state index in [-0.39, 0.29) is 4.90 Å². The van der Waals surface area contributed by atoms with Crippen molar-refractivity contribution in [1.82, 2.24) is 4.98 Å². The van der Waals surface area contributed by atoms with Crippen molar-refractivity contribution in [3.05, 3.63) is 51.7 Å². The summed E-state index contributed by atoms with van der Waals surface area (Å²) in [7, 11) is -3.75. The highest BCUT2D eigenvalue weighted by Crippen LogP contribution is 2.25. The van der Waals surface area contributed by atoms with E-state index >= 15 is 0 Å². The molecular formula is C12H11BrClN3O2S. The Kier molecular flexibility index (Phi) is 4.64. The molecule has 1 aromatic carbocycles. The summed E-state index contributed by atoms with van der Waals surface area (Å²) in [5.74, 6) is 0. The number of benzene rings is 1. The summed E-state index contributed by atoms with van der Waals surface area (Å²) in [5, 5.41) is 8.53. The molecule has 0 bridgehead atoms. The van der Waals surface area contributed by atoms with Crippen molar-refractivity contribution < 1.29 is 8.42 Å². The normalized spacial score (nSPS) is 11.3. The highest BCUT2D eigenvalue weighted by Gasteiger charge is 2.10. The highest BCUT2D eigenvalue weighted by atomic mass is 79.9. The molecule has 2 aromatic rings. The van der Waals surface area contributed by atoms with Gasteiger partial charge in [0, 0.05) is 0 Å². The van der Waals surface area contributed by atoms with Crippen molar-refractivity contribution in [2.75, 3.05) is 5.32 Å². The Hall–Kier alpha value is -1.15. The molecule has 0 atom stereocenters. The minimum Gasteiger partial charge on any atom is -0.378 e. The molecule has 1 aromatic heterocycles. The largest absolute Gasteiger partial charge is 0.378 e. The molecule has 106 valence electrons. The molecule has 0 fully saturated rings. The molecule has 0 saturated heterocycles. The fraction of sp³-hybridized carbons (Fsp3) is 0.0833. The average Bonchev–Trinajstić information content (AvgIpc) is 2.36. The van der Waals surface area contributed by atoms with E-state index in [0.717, 1.165) is 10.3 Å². The van der Waals surface area contributed by atoms with E-state index < -0.39 is 10.0 Å². The third-order valence-electron chi connectivity index (χ3n) is 2.50. The second-order valence-electron chi connectivity index (χ2n) is 3.99. The molecule has 0 spiro atoms. The summed E-state index contributed by atoms with van der Waals surface area (Å²) in [4.78, 5) is 4.26. The summed E-state index contributed by atoms with van der Waals surface area (Å²) in [5.41, 5.74) is 1.27. The molecule has 8 heteroatoms. The SMILES string of the molecule is NS(=O)(=O)c1ccc(Cl)c(NCc2cccc(Br)n2)c1. The van der Waals surface area contributed by atoms with Crippen LogP contribution in [-0.2, 0) is 16.6 Å². The molecule has 5 nitrogen and oxygen atoms in total. The molecular weight excluding hydrogens is 366 g/mol. The molecule has 0 radical (unpaired) electrons. The molecule has 0 amide bonds. The number of nitrogens with zero attached hydrogens (tertiary/aromatic N) is 1. The smallest absolute Gasteiger partial charge is 0.238 e. The van der Waals surface area contributed by atoms with Crippen molar-refractivity contribution in [3.63, 3.8) is 0 Å². The number of hydrogen-bond acceptors (Lipinski definition) is 4. The van der Waals surface area contributed by atoms with Crippen LogP contribution in [0.3, 0.4) is 0 Å². The number of hydrogen-bond donors (Lipinski definition) is 2. The van der Waals surface area contributed by atoms with Gasteiger partial charge in [-0.25, -0.2) is 18.5 Å². The number of anilines is 1. The van der Waals surface area contributed by atoms with Gasteiger partial charge in [0.05, 0.1) is 27.8 Å². The summed E-state index contributed by atoms with van der Waals surface area (Å²) in [6, 6.07) is 9.76. The fourth-order valence-electron chi connectivity index (χ4n) is 1.55. The Labute approximate surface area is 130 Å². The zero-order chi connectivity index (χ0) is 14.8. The lowest BCUT2D eigenvalue weighted by molar-refractivity contribution is 0.598. The summed E-state index contributed by atoms with van der Waals surface area (Å²) < 4.78 is 23.3. The van der Waals surface area contributed by atoms with Crippen molar-refractivity contribution in [2.24, 2.45) is 5.14 Å². The van der Waals surface area contributed by atoms with Crippen LogP contribution in [0.1, 0.15) is 5.69 Å². The van der Waals surface area contributed by atoms with E-state index in [1.54, 1.807) is 0 Å². The van der Waals surface area contributed by atoms with Crippen LogP contribution in [0, 0.1) is 0 Å². The van der Waals surface area contributed by atoms with Crippen LogP contribution in [0.4, 0.5) is 5.69 Å². The first-order chi connectivity index (χ1) is 9.36. The summed E-state index contributed by atoms with van der Waals surface area (Å²) in [6.45, 7) is 0.410. The predicted molar refractivity (Wildman–Crippen MR) is 82.1 cm³/mol. The van der Waals surface area contributed by atoms with Gasteiger partial charge in [-0.2, -0.15) is 0 Å². The zero-order valence-electron chi connectivity index (χ0n) is 10.2. The predicted octanol–water partition coefficient (Wildman–Crippen LogP) is 2.76. The first-order valence-electron chi connectivity index (χ1n) is 5.54. The molecule has 1 heterocycles. The van der Waals surface area contributed by atoms with Gasteiger partial charge in [0.15, 0.2) is 0 Å². The standard InChI is InChI=1S/C12H11BrClN3O2S/c13-12-3-1-2-8(17-12)7-16-11-6-9(20(15,18)19)4-5-10(11)14/h1-6,16H,7H2,(H2,15,18,19). The Balaban J connectivity index is 2.21. The van der Waals surface area contributed by atoms with E-state index in [4.69, 9.17) is 16.7 Å². The second kappa shape index (κ2) is 6.09. The van der Waals surface area contributed by atoms with Crippen LogP contribution in [0.5, 0.6) is 0 Å². The van der Waals surface area contributed by atoms with E-state index in [1.165, 1.54) is 18.2 Å². The number of nitrogens with two attached hydrogens (primary N) is 1. The Morgan fingerprint density at radius 2 is 2.05 bits per heavy atom. The molecule has 0 unspecified atom stereocenters. The second-order valence-corrected chi connectivity index (χ2v) is 6.77. The maximum absolute atomic E-state index is 11.3. The Morgan fingerprint density at radius 1 is 1.30 bits per heavy atom. The number of pyridine rings is 1. The van der Waals surface area contributed by atoms with Crippen LogP contribution in [-0.4, -0.2) is 13.4 Å². The highest BCUT2D eigenvalue weighted by molar-refractivity contribution is 9.10. The minimum atomic E-state index is -3.75. The number of rotatable bonds is 4. The number of aromatic nitrogens is 1. The Bertz CT molecular complexity index is 737. The zero-order valence-corrected chi connectivity index (χ0v) is 13.3. The molecule has 0 aliphatic rings. The topological polar surface area (TPSA) is 85.1 Å². The monoisotopic (exact) mass is 375 g/mol. The van der Waals surface area contributed by atoms with Crippen LogP contribution in [0.2, 0.25) is 5.02 Å². The van der Waals surface area contributed by atoms with Gasteiger partial charge in [-0.3, -0.25) is 0 Å². The van der Waals surface area contributed by atoms with Crippen LogP contribution in [0.25, 0.3) is 0 Å². The molecule has 3 N–H and O–H groups in total. The van der Waals surface area contributed by atoms with Gasteiger partial charge >= 0.3 is 0 Å². The molecule has 0 aliphatic heterocycles. The summed E-state index contributed by atoms with van der Waals surface area (Å²) >= 11 is 9.30. The van der Waals surface area contributed by atoms with Gasteiger partial charge in [-0.15, -0.1) is 0 Å². The molecule has 0 saturated carbocycles. The van der Waals surface area contributed by atoms with Crippen LogP contribution in [0.15, 0.2) is 45.9 Å². The van der Waals surface area contributed by atoms with E-state index in [0.29, 0.717) is 17.3 Å². The van der Waals surface area contributed by atoms with Gasteiger partial charge in [-0.1, -0.05) is 17.7 Å². The maximum Gasteiger partial charge on any atom is 0.238 e. The van der Waals surface area contributed by atoms with Gasteiger partial charge in [0.25, 0.3) is 0 Å². The Morgan fingerprint density at radius 3 is 2.70 bits per heavy atom. The van der Waals surface area contributed by atoms with Crippen LogP contribution >= 0.6 is 27.5 Å². The van der Waals surface area contributed by atoms with Crippen molar-refractivity contribution in [1.29, 1.82) is 0 Å². The van der Waals surface area contributed by atoms with E-state index in [1.807, 2.05) is 18.2 Å². The number of halogens is 2. The van der Waals surface area contributed by atoms with Gasteiger partial charge in [0.2, 0.25) is 10.0 Å². The lowest BCUT2D eigenvalue weighted by atomic mass is 10.3. The van der Waals surface area contributed by atoms with Gasteiger partial charge in [0.1, 0.15) is 4.60 Å². The van der Waals surface area contributed by atoms with Gasteiger partial charge in [-0.05, 0) is 46.3 Å². The maximum atomic E-state index is 11.3. The lowest BCUT2D eigenvalue weighted by Crippen LogP contribution is -2.12. The summed E-state index contributed by atoms with van der Waals surface area (Å²) in [6.07, 6.45) is 0. The quantitative estimate of drug-likeness (QED) is 0.804. The van der Waals surface area contributed by atoms with Gasteiger partial charge < -0.3 is 5.32 Å². The molecule has 0 aliphatic carbocycles. The third-order valence-corrected chi connectivity index (χ3v) is 4.18. The number of primary sulfonamides is 1. The lowest BCUT2D eigenvalue weighted by Gasteiger charge is -2.09. The third kappa shape index (κ3) is 3.92. The van der Waals surface area contributed by atoms with Crippen molar-refractivity contribution in [2.45, 2.75) is 11.4 Å². The van der Waals surface area contributed by atoms with E-state index in [9.17, 15) is 8.42 Å². The first kappa shape index (κ1) is 15.2.